The van der Waals surface area contributed by atoms with E-state index in [1.165, 1.54) is 6.42 Å². The van der Waals surface area contributed by atoms with E-state index in [2.05, 4.69) is 24.1 Å². The Morgan fingerprint density at radius 1 is 1.54 bits per heavy atom. The molecule has 0 aliphatic carbocycles. The molecule has 0 aromatic heterocycles. The summed E-state index contributed by atoms with van der Waals surface area (Å²) in [5.41, 5.74) is 0. The fourth-order valence-corrected chi connectivity index (χ4v) is 1.76. The molecule has 3 atom stereocenters. The molecule has 74 valence electrons. The standard InChI is InChI=1S/C11H19NO/c1-4-5-6-10(12-3)11-8-7-9(2)13-11/h9-12H,6-8H2,1-3H3. The minimum Gasteiger partial charge on any atom is -0.374 e. The number of likely N-dealkylation sites (N-methyl/N-ethyl adjacent to an activating group) is 1. The summed E-state index contributed by atoms with van der Waals surface area (Å²) in [4.78, 5) is 0. The van der Waals surface area contributed by atoms with Crippen molar-refractivity contribution in [2.75, 3.05) is 7.05 Å². The first kappa shape index (κ1) is 10.6. The van der Waals surface area contributed by atoms with Gasteiger partial charge in [0.2, 0.25) is 0 Å². The first-order valence-corrected chi connectivity index (χ1v) is 5.00. The van der Waals surface area contributed by atoms with Crippen LogP contribution in [0.1, 0.15) is 33.1 Å². The highest BCUT2D eigenvalue weighted by Crippen LogP contribution is 2.22. The van der Waals surface area contributed by atoms with Crippen molar-refractivity contribution < 1.29 is 4.74 Å². The predicted molar refractivity (Wildman–Crippen MR) is 54.5 cm³/mol. The number of hydrogen-bond donors (Lipinski definition) is 1. The second-order valence-corrected chi connectivity index (χ2v) is 3.59. The van der Waals surface area contributed by atoms with Gasteiger partial charge in [0.25, 0.3) is 0 Å². The fraction of sp³-hybridized carbons (Fsp3) is 0.818. The SMILES string of the molecule is CC#CCC(NC)C1CCC(C)O1. The Balaban J connectivity index is 2.40. The van der Waals surface area contributed by atoms with Gasteiger partial charge in [-0.25, -0.2) is 0 Å². The van der Waals surface area contributed by atoms with Crippen LogP contribution in [0.5, 0.6) is 0 Å². The summed E-state index contributed by atoms with van der Waals surface area (Å²) in [5.74, 6) is 6.02. The summed E-state index contributed by atoms with van der Waals surface area (Å²) >= 11 is 0. The Morgan fingerprint density at radius 3 is 2.77 bits per heavy atom. The lowest BCUT2D eigenvalue weighted by atomic mass is 10.0. The molecule has 1 saturated heterocycles. The topological polar surface area (TPSA) is 21.3 Å². The van der Waals surface area contributed by atoms with Crippen LogP contribution in [-0.2, 0) is 4.74 Å². The van der Waals surface area contributed by atoms with Crippen molar-refractivity contribution in [1.82, 2.24) is 5.32 Å². The Bertz CT molecular complexity index is 204. The third-order valence-corrected chi connectivity index (χ3v) is 2.58. The van der Waals surface area contributed by atoms with Crippen LogP contribution in [0.4, 0.5) is 0 Å². The second-order valence-electron chi connectivity index (χ2n) is 3.59. The molecule has 0 amide bonds. The van der Waals surface area contributed by atoms with Crippen LogP contribution in [0.25, 0.3) is 0 Å². The highest BCUT2D eigenvalue weighted by Gasteiger charge is 2.27. The molecule has 3 unspecified atom stereocenters. The highest BCUT2D eigenvalue weighted by atomic mass is 16.5. The number of rotatable bonds is 3. The molecule has 1 aliphatic heterocycles. The van der Waals surface area contributed by atoms with Crippen molar-refractivity contribution >= 4 is 0 Å². The number of nitrogens with one attached hydrogen (secondary N) is 1. The van der Waals surface area contributed by atoms with Gasteiger partial charge in [-0.2, -0.15) is 0 Å². The van der Waals surface area contributed by atoms with Gasteiger partial charge in [-0.1, -0.05) is 0 Å². The third-order valence-electron chi connectivity index (χ3n) is 2.58. The number of hydrogen-bond acceptors (Lipinski definition) is 2. The van der Waals surface area contributed by atoms with Crippen LogP contribution in [-0.4, -0.2) is 25.3 Å². The van der Waals surface area contributed by atoms with Gasteiger partial charge in [0.05, 0.1) is 12.2 Å². The molecule has 2 heteroatoms. The van der Waals surface area contributed by atoms with E-state index >= 15 is 0 Å². The first-order chi connectivity index (χ1) is 6.27. The minimum atomic E-state index is 0.362. The lowest BCUT2D eigenvalue weighted by molar-refractivity contribution is 0.0347. The fourth-order valence-electron chi connectivity index (χ4n) is 1.76. The maximum Gasteiger partial charge on any atom is 0.0741 e. The van der Waals surface area contributed by atoms with Crippen LogP contribution in [0.2, 0.25) is 0 Å². The van der Waals surface area contributed by atoms with E-state index in [0.29, 0.717) is 18.2 Å². The molecule has 1 fully saturated rings. The normalized spacial score (nSPS) is 29.5. The molecule has 0 bridgehead atoms. The Hall–Kier alpha value is -0.520. The molecule has 1 N–H and O–H groups in total. The largest absolute Gasteiger partial charge is 0.374 e. The van der Waals surface area contributed by atoms with Crippen LogP contribution >= 0.6 is 0 Å². The lowest BCUT2D eigenvalue weighted by Crippen LogP contribution is -2.37. The zero-order chi connectivity index (χ0) is 9.68. The van der Waals surface area contributed by atoms with Crippen molar-refractivity contribution in [2.24, 2.45) is 0 Å². The Labute approximate surface area is 81.0 Å². The van der Waals surface area contributed by atoms with Gasteiger partial charge in [0.15, 0.2) is 0 Å². The van der Waals surface area contributed by atoms with Crippen LogP contribution in [0.15, 0.2) is 0 Å². The van der Waals surface area contributed by atoms with E-state index in [4.69, 9.17) is 4.74 Å². The highest BCUT2D eigenvalue weighted by molar-refractivity contribution is 5.00. The molecule has 0 spiro atoms. The lowest BCUT2D eigenvalue weighted by Gasteiger charge is -2.20. The van der Waals surface area contributed by atoms with Gasteiger partial charge in [0.1, 0.15) is 0 Å². The van der Waals surface area contributed by atoms with Gasteiger partial charge in [-0.3, -0.25) is 0 Å². The quantitative estimate of drug-likeness (QED) is 0.667. The van der Waals surface area contributed by atoms with Gasteiger partial charge in [-0.05, 0) is 33.7 Å². The summed E-state index contributed by atoms with van der Waals surface area (Å²) in [6.07, 6.45) is 4.03. The summed E-state index contributed by atoms with van der Waals surface area (Å²) < 4.78 is 5.78. The molecule has 1 rings (SSSR count). The van der Waals surface area contributed by atoms with Crippen LogP contribution in [0.3, 0.4) is 0 Å². The van der Waals surface area contributed by atoms with E-state index in [-0.39, 0.29) is 0 Å². The molecule has 1 aliphatic rings. The van der Waals surface area contributed by atoms with Gasteiger partial charge >= 0.3 is 0 Å². The van der Waals surface area contributed by atoms with Crippen molar-refractivity contribution in [3.63, 3.8) is 0 Å². The van der Waals surface area contributed by atoms with Crippen molar-refractivity contribution in [1.29, 1.82) is 0 Å². The summed E-state index contributed by atoms with van der Waals surface area (Å²) in [5, 5.41) is 3.27. The molecular formula is C11H19NO. The Kier molecular flexibility index (Phi) is 4.27. The number of ether oxygens (including phenoxy) is 1. The minimum absolute atomic E-state index is 0.362. The Morgan fingerprint density at radius 2 is 2.31 bits per heavy atom. The molecule has 0 aromatic rings. The van der Waals surface area contributed by atoms with Crippen molar-refractivity contribution in [3.05, 3.63) is 0 Å². The van der Waals surface area contributed by atoms with E-state index < -0.39 is 0 Å². The predicted octanol–water partition coefficient (Wildman–Crippen LogP) is 1.56. The summed E-state index contributed by atoms with van der Waals surface area (Å²) in [6, 6.07) is 0.400. The zero-order valence-corrected chi connectivity index (χ0v) is 8.76. The van der Waals surface area contributed by atoms with E-state index in [9.17, 15) is 0 Å². The maximum atomic E-state index is 5.78. The van der Waals surface area contributed by atoms with E-state index in [1.807, 2.05) is 14.0 Å². The average molecular weight is 181 g/mol. The molecule has 2 nitrogen and oxygen atoms in total. The van der Waals surface area contributed by atoms with E-state index in [1.54, 1.807) is 0 Å². The third kappa shape index (κ3) is 3.02. The van der Waals surface area contributed by atoms with Gasteiger partial charge < -0.3 is 10.1 Å². The monoisotopic (exact) mass is 181 g/mol. The molecule has 1 heterocycles. The van der Waals surface area contributed by atoms with Gasteiger partial charge in [0, 0.05) is 12.5 Å². The average Bonchev–Trinajstić information content (AvgIpc) is 2.54. The van der Waals surface area contributed by atoms with Gasteiger partial charge in [-0.15, -0.1) is 11.8 Å². The van der Waals surface area contributed by atoms with Crippen LogP contribution in [0, 0.1) is 11.8 Å². The maximum absolute atomic E-state index is 5.78. The molecule has 0 saturated carbocycles. The second kappa shape index (κ2) is 5.26. The van der Waals surface area contributed by atoms with E-state index in [0.717, 1.165) is 12.8 Å². The molecule has 0 radical (unpaired) electrons. The van der Waals surface area contributed by atoms with Crippen molar-refractivity contribution in [3.8, 4) is 11.8 Å². The molecule has 13 heavy (non-hydrogen) atoms. The molecular weight excluding hydrogens is 162 g/mol. The van der Waals surface area contributed by atoms with Crippen molar-refractivity contribution in [2.45, 2.75) is 51.4 Å². The summed E-state index contributed by atoms with van der Waals surface area (Å²) in [7, 11) is 1.98. The first-order valence-electron chi connectivity index (χ1n) is 5.00. The summed E-state index contributed by atoms with van der Waals surface area (Å²) in [6.45, 7) is 4.02. The van der Waals surface area contributed by atoms with Crippen LogP contribution < -0.4 is 5.32 Å². The zero-order valence-electron chi connectivity index (χ0n) is 8.76. The smallest absolute Gasteiger partial charge is 0.0741 e. The molecule has 0 aromatic carbocycles.